The lowest BCUT2D eigenvalue weighted by molar-refractivity contribution is -0.140. The molecule has 8 nitrogen and oxygen atoms in total. The van der Waals surface area contributed by atoms with Gasteiger partial charge in [0.1, 0.15) is 18.5 Å². The fraction of sp³-hybridized carbons (Fsp3) is 0.393. The Balaban J connectivity index is 1.59. The first kappa shape index (κ1) is 30.0. The van der Waals surface area contributed by atoms with Gasteiger partial charge in [0.15, 0.2) is 9.84 Å². The number of likely N-dealkylation sites (tertiary alicyclic amines) is 1. The first-order valence-electron chi connectivity index (χ1n) is 12.7. The Morgan fingerprint density at radius 3 is 2.56 bits per heavy atom. The summed E-state index contributed by atoms with van der Waals surface area (Å²) in [6.45, 7) is 0.480. The van der Waals surface area contributed by atoms with Crippen molar-refractivity contribution in [2.24, 2.45) is 0 Å². The quantitative estimate of drug-likeness (QED) is 0.310. The molecule has 41 heavy (non-hydrogen) atoms. The predicted octanol–water partition coefficient (Wildman–Crippen LogP) is 4.45. The number of carbonyl (C=O) groups excluding carboxylic acids is 1. The van der Waals surface area contributed by atoms with Gasteiger partial charge in [-0.3, -0.25) is 4.79 Å². The van der Waals surface area contributed by atoms with Gasteiger partial charge in [-0.15, -0.1) is 0 Å². The van der Waals surface area contributed by atoms with Gasteiger partial charge in [0.2, 0.25) is 5.91 Å². The molecule has 2 N–H and O–H groups in total. The summed E-state index contributed by atoms with van der Waals surface area (Å²) in [7, 11) is -2.05. The van der Waals surface area contributed by atoms with Crippen molar-refractivity contribution < 1.29 is 35.5 Å². The van der Waals surface area contributed by atoms with Crippen LogP contribution in [0.25, 0.3) is 10.9 Å². The van der Waals surface area contributed by atoms with Crippen LogP contribution in [0.2, 0.25) is 0 Å². The van der Waals surface area contributed by atoms with Gasteiger partial charge in [0, 0.05) is 36.9 Å². The fourth-order valence-corrected chi connectivity index (χ4v) is 5.38. The fourth-order valence-electron chi connectivity index (χ4n) is 4.74. The topological polar surface area (TPSA) is 92.7 Å². The Kier molecular flexibility index (Phi) is 8.72. The number of hydrogen-bond acceptors (Lipinski definition) is 6. The van der Waals surface area contributed by atoms with Gasteiger partial charge in [0.05, 0.1) is 48.0 Å². The Morgan fingerprint density at radius 1 is 1.17 bits per heavy atom. The zero-order valence-corrected chi connectivity index (χ0v) is 23.5. The number of rotatable bonds is 7. The number of benzene rings is 2. The number of nitrogens with one attached hydrogen (secondary N) is 2. The number of piperidine rings is 1. The smallest absolute Gasteiger partial charge is 0.406 e. The van der Waals surface area contributed by atoms with E-state index < -0.39 is 34.8 Å². The highest BCUT2D eigenvalue weighted by Crippen LogP contribution is 2.32. The standard InChI is InChI=1S/C28H30F4N4O4S/c1-18(37)35-13-11-24(22(29)16-35)34-23-7-4-8-26-21(23)14-19(36(26)17-28(30,31)32)6-5-12-33-25-10-9-20(41(3,38)39)15-27(25)40-2/h4,7-10,14-15,22,24,33-34H,11-13,16-17H2,1-3H3/t22?,24-/m1/s1. The molecular formula is C28H30F4N4O4S. The minimum atomic E-state index is -4.51. The number of ether oxygens (including phenoxy) is 1. The van der Waals surface area contributed by atoms with Gasteiger partial charge in [-0.2, -0.15) is 13.2 Å². The first-order chi connectivity index (χ1) is 19.3. The third-order valence-corrected chi connectivity index (χ3v) is 7.91. The Morgan fingerprint density at radius 2 is 1.93 bits per heavy atom. The first-order valence-corrected chi connectivity index (χ1v) is 14.6. The van der Waals surface area contributed by atoms with E-state index in [1.165, 1.54) is 43.2 Å². The summed E-state index contributed by atoms with van der Waals surface area (Å²) in [5.41, 5.74) is 1.35. The number of fused-ring (bicyclic) bond motifs is 1. The molecule has 4 rings (SSSR count). The van der Waals surface area contributed by atoms with E-state index in [9.17, 15) is 30.8 Å². The average Bonchev–Trinajstić information content (AvgIpc) is 3.23. The molecule has 2 aromatic carbocycles. The lowest BCUT2D eigenvalue weighted by Crippen LogP contribution is -2.49. The van der Waals surface area contributed by atoms with Crippen LogP contribution < -0.4 is 15.4 Å². The molecule has 13 heteroatoms. The highest BCUT2D eigenvalue weighted by molar-refractivity contribution is 7.90. The van der Waals surface area contributed by atoms with E-state index in [1.54, 1.807) is 18.2 Å². The number of halogens is 4. The van der Waals surface area contributed by atoms with Gasteiger partial charge in [-0.05, 0) is 42.7 Å². The molecule has 0 aliphatic carbocycles. The van der Waals surface area contributed by atoms with Crippen molar-refractivity contribution in [1.29, 1.82) is 0 Å². The van der Waals surface area contributed by atoms with E-state index in [0.29, 0.717) is 35.2 Å². The number of amides is 1. The molecule has 1 unspecified atom stereocenters. The SMILES string of the molecule is COc1cc(S(C)(=O)=O)ccc1NCC#Cc1cc2c(N[C@@H]3CCN(C(C)=O)CC3F)cccc2n1CC(F)(F)F. The summed E-state index contributed by atoms with van der Waals surface area (Å²) < 4.78 is 85.4. The van der Waals surface area contributed by atoms with Crippen molar-refractivity contribution in [2.45, 2.75) is 43.2 Å². The maximum Gasteiger partial charge on any atom is 0.406 e. The van der Waals surface area contributed by atoms with E-state index in [0.717, 1.165) is 10.8 Å². The average molecular weight is 595 g/mol. The molecule has 0 spiro atoms. The minimum Gasteiger partial charge on any atom is -0.495 e. The second-order valence-corrected chi connectivity index (χ2v) is 11.8. The van der Waals surface area contributed by atoms with E-state index in [-0.39, 0.29) is 35.3 Å². The third-order valence-electron chi connectivity index (χ3n) is 6.80. The van der Waals surface area contributed by atoms with Crippen LogP contribution in [-0.4, -0.2) is 75.2 Å². The molecule has 0 radical (unpaired) electrons. The van der Waals surface area contributed by atoms with E-state index in [2.05, 4.69) is 22.5 Å². The molecule has 2 atom stereocenters. The highest BCUT2D eigenvalue weighted by atomic mass is 32.2. The Bertz CT molecular complexity index is 1610. The second-order valence-electron chi connectivity index (χ2n) is 9.78. The summed E-state index contributed by atoms with van der Waals surface area (Å²) in [5, 5.41) is 6.58. The zero-order valence-electron chi connectivity index (χ0n) is 22.7. The molecule has 1 amide bonds. The number of sulfone groups is 1. The van der Waals surface area contributed by atoms with Crippen molar-refractivity contribution >= 4 is 38.0 Å². The van der Waals surface area contributed by atoms with Crippen molar-refractivity contribution in [3.05, 3.63) is 48.2 Å². The molecule has 1 aromatic heterocycles. The molecule has 2 heterocycles. The van der Waals surface area contributed by atoms with Crippen molar-refractivity contribution in [3.63, 3.8) is 0 Å². The summed E-state index contributed by atoms with van der Waals surface area (Å²) in [6.07, 6.45) is -4.42. The number of carbonyl (C=O) groups is 1. The summed E-state index contributed by atoms with van der Waals surface area (Å²) in [6, 6.07) is 10.1. The predicted molar refractivity (Wildman–Crippen MR) is 149 cm³/mol. The van der Waals surface area contributed by atoms with Crippen molar-refractivity contribution in [1.82, 2.24) is 9.47 Å². The van der Waals surface area contributed by atoms with Crippen LogP contribution in [0.15, 0.2) is 47.4 Å². The summed E-state index contributed by atoms with van der Waals surface area (Å²) >= 11 is 0. The monoisotopic (exact) mass is 594 g/mol. The van der Waals surface area contributed by atoms with Gasteiger partial charge in [-0.1, -0.05) is 12.0 Å². The Hall–Kier alpha value is -3.92. The Labute approximate surface area is 235 Å². The molecule has 1 saturated heterocycles. The molecule has 0 saturated carbocycles. The normalized spacial score (nSPS) is 17.6. The minimum absolute atomic E-state index is 0.0332. The van der Waals surface area contributed by atoms with E-state index in [4.69, 9.17) is 4.74 Å². The van der Waals surface area contributed by atoms with Crippen LogP contribution in [0.3, 0.4) is 0 Å². The molecule has 1 aliphatic rings. The highest BCUT2D eigenvalue weighted by Gasteiger charge is 2.32. The molecule has 1 fully saturated rings. The van der Waals surface area contributed by atoms with Crippen LogP contribution in [0.4, 0.5) is 28.9 Å². The molecule has 0 bridgehead atoms. The van der Waals surface area contributed by atoms with E-state index >= 15 is 0 Å². The lowest BCUT2D eigenvalue weighted by atomic mass is 10.0. The maximum atomic E-state index is 14.9. The molecule has 1 aliphatic heterocycles. The summed E-state index contributed by atoms with van der Waals surface area (Å²) in [4.78, 5) is 13.1. The summed E-state index contributed by atoms with van der Waals surface area (Å²) in [5.74, 6) is 5.68. The number of methoxy groups -OCH3 is 1. The largest absolute Gasteiger partial charge is 0.495 e. The number of alkyl halides is 4. The van der Waals surface area contributed by atoms with Crippen LogP contribution in [-0.2, 0) is 21.2 Å². The van der Waals surface area contributed by atoms with Crippen LogP contribution in [0.5, 0.6) is 5.75 Å². The lowest BCUT2D eigenvalue weighted by Gasteiger charge is -2.35. The van der Waals surface area contributed by atoms with Crippen molar-refractivity contribution in [2.75, 3.05) is 43.6 Å². The molecule has 3 aromatic rings. The maximum absolute atomic E-state index is 14.9. The third kappa shape index (κ3) is 7.24. The number of aromatic nitrogens is 1. The van der Waals surface area contributed by atoms with E-state index in [1.807, 2.05) is 0 Å². The van der Waals surface area contributed by atoms with Crippen LogP contribution >= 0.6 is 0 Å². The number of nitrogens with zero attached hydrogens (tertiary/aromatic N) is 2. The van der Waals surface area contributed by atoms with Gasteiger partial charge in [0.25, 0.3) is 0 Å². The zero-order chi connectivity index (χ0) is 29.9. The van der Waals surface area contributed by atoms with Crippen molar-refractivity contribution in [3.8, 4) is 17.6 Å². The van der Waals surface area contributed by atoms with Gasteiger partial charge in [-0.25, -0.2) is 12.8 Å². The number of anilines is 2. The van der Waals surface area contributed by atoms with Gasteiger partial charge < -0.3 is 24.8 Å². The molecular weight excluding hydrogens is 564 g/mol. The molecule has 220 valence electrons. The van der Waals surface area contributed by atoms with Crippen LogP contribution in [0, 0.1) is 11.8 Å². The second kappa shape index (κ2) is 11.9. The van der Waals surface area contributed by atoms with Gasteiger partial charge >= 0.3 is 6.18 Å². The van der Waals surface area contributed by atoms with Crippen LogP contribution in [0.1, 0.15) is 19.0 Å². The number of hydrogen-bond donors (Lipinski definition) is 2.